The Kier molecular flexibility index (Phi) is 5.24. The lowest BCUT2D eigenvalue weighted by molar-refractivity contribution is 0.0932. The summed E-state index contributed by atoms with van der Waals surface area (Å²) in [5, 5.41) is 8.77. The highest BCUT2D eigenvalue weighted by Gasteiger charge is 2.23. The van der Waals surface area contributed by atoms with Crippen LogP contribution in [0.3, 0.4) is 0 Å². The van der Waals surface area contributed by atoms with Gasteiger partial charge in [-0.2, -0.15) is 5.10 Å². The third-order valence-corrected chi connectivity index (χ3v) is 4.90. The van der Waals surface area contributed by atoms with Gasteiger partial charge in [0.05, 0.1) is 24.4 Å². The third kappa shape index (κ3) is 3.82. The van der Waals surface area contributed by atoms with Crippen molar-refractivity contribution in [2.45, 2.75) is 12.5 Å². The molecule has 2 aromatic heterocycles. The van der Waals surface area contributed by atoms with Crippen LogP contribution in [0.5, 0.6) is 5.75 Å². The number of pyridine rings is 1. The number of carbonyl (C=O) groups excluding carboxylic acids is 1. The van der Waals surface area contributed by atoms with Crippen LogP contribution >= 0.6 is 0 Å². The van der Waals surface area contributed by atoms with Gasteiger partial charge in [-0.3, -0.25) is 9.48 Å². The average Bonchev–Trinajstić information content (AvgIpc) is 3.10. The molecule has 0 aliphatic carbocycles. The maximum absolute atomic E-state index is 13.1. The van der Waals surface area contributed by atoms with Gasteiger partial charge in [0.2, 0.25) is 0 Å². The van der Waals surface area contributed by atoms with Crippen LogP contribution in [0, 0.1) is 0 Å². The fraction of sp³-hybridized carbons (Fsp3) is 0.174. The molecule has 4 aromatic rings. The van der Waals surface area contributed by atoms with Crippen molar-refractivity contribution < 1.29 is 9.53 Å². The molecule has 0 aliphatic heterocycles. The van der Waals surface area contributed by atoms with Crippen LogP contribution in [-0.2, 0) is 13.5 Å². The molecule has 1 N–H and O–H groups in total. The highest BCUT2D eigenvalue weighted by Crippen LogP contribution is 2.26. The van der Waals surface area contributed by atoms with Crippen LogP contribution in [0.15, 0.2) is 72.9 Å². The van der Waals surface area contributed by atoms with E-state index in [1.807, 2.05) is 61.6 Å². The summed E-state index contributed by atoms with van der Waals surface area (Å²) in [5.41, 5.74) is 3.18. The smallest absolute Gasteiger partial charge is 0.255 e. The summed E-state index contributed by atoms with van der Waals surface area (Å²) in [6.07, 6.45) is 2.36. The normalized spacial score (nSPS) is 11.9. The Bertz CT molecular complexity index is 1140. The molecule has 0 spiro atoms. The van der Waals surface area contributed by atoms with Crippen molar-refractivity contribution in [1.82, 2.24) is 20.1 Å². The van der Waals surface area contributed by atoms with E-state index in [1.165, 1.54) is 0 Å². The lowest BCUT2D eigenvalue weighted by Gasteiger charge is -2.18. The number of amides is 1. The van der Waals surface area contributed by atoms with Crippen molar-refractivity contribution in [3.8, 4) is 5.75 Å². The van der Waals surface area contributed by atoms with Gasteiger partial charge in [0.15, 0.2) is 5.65 Å². The molecule has 0 fully saturated rings. The Balaban J connectivity index is 1.73. The Morgan fingerprint density at radius 2 is 1.83 bits per heavy atom. The summed E-state index contributed by atoms with van der Waals surface area (Å²) in [7, 11) is 3.42. The largest absolute Gasteiger partial charge is 0.496 e. The molecule has 0 saturated carbocycles. The van der Waals surface area contributed by atoms with Gasteiger partial charge in [0, 0.05) is 18.6 Å². The number of hydrogen-bond donors (Lipinski definition) is 1. The van der Waals surface area contributed by atoms with E-state index in [0.717, 1.165) is 22.3 Å². The summed E-state index contributed by atoms with van der Waals surface area (Å²) in [5.74, 6) is 0.335. The van der Waals surface area contributed by atoms with E-state index in [1.54, 1.807) is 30.1 Å². The summed E-state index contributed by atoms with van der Waals surface area (Å²) in [4.78, 5) is 17.5. The molecular weight excluding hydrogens is 364 g/mol. The minimum Gasteiger partial charge on any atom is -0.496 e. The number of carbonyl (C=O) groups is 1. The molecule has 0 unspecified atom stereocenters. The highest BCUT2D eigenvalue weighted by molar-refractivity contribution is 5.97. The van der Waals surface area contributed by atoms with E-state index in [9.17, 15) is 4.79 Å². The molecular formula is C23H22N4O2. The number of hydrogen-bond acceptors (Lipinski definition) is 4. The molecule has 2 heterocycles. The molecule has 146 valence electrons. The van der Waals surface area contributed by atoms with Gasteiger partial charge in [-0.05, 0) is 36.2 Å². The Hall–Kier alpha value is -3.67. The minimum atomic E-state index is -0.317. The topological polar surface area (TPSA) is 69.0 Å². The zero-order valence-electron chi connectivity index (χ0n) is 16.4. The lowest BCUT2D eigenvalue weighted by atomic mass is 10.0. The number of fused-ring (bicyclic) bond motifs is 1. The van der Waals surface area contributed by atoms with E-state index in [-0.39, 0.29) is 11.9 Å². The molecule has 1 amide bonds. The minimum absolute atomic E-state index is 0.203. The van der Waals surface area contributed by atoms with Gasteiger partial charge in [0.1, 0.15) is 5.75 Å². The quantitative estimate of drug-likeness (QED) is 0.549. The first-order chi connectivity index (χ1) is 14.2. The Morgan fingerprint density at radius 1 is 1.07 bits per heavy atom. The second-order valence-electron chi connectivity index (χ2n) is 6.80. The molecule has 0 radical (unpaired) electrons. The van der Waals surface area contributed by atoms with Gasteiger partial charge in [-0.15, -0.1) is 0 Å². The molecule has 4 rings (SSSR count). The molecule has 2 aromatic carbocycles. The van der Waals surface area contributed by atoms with E-state index in [2.05, 4.69) is 15.4 Å². The van der Waals surface area contributed by atoms with Crippen LogP contribution < -0.4 is 10.1 Å². The monoisotopic (exact) mass is 386 g/mol. The molecule has 0 bridgehead atoms. The van der Waals surface area contributed by atoms with Gasteiger partial charge >= 0.3 is 0 Å². The van der Waals surface area contributed by atoms with E-state index in [4.69, 9.17) is 4.74 Å². The number of benzene rings is 2. The summed E-state index contributed by atoms with van der Waals surface area (Å²) in [6, 6.07) is 20.8. The molecule has 0 aliphatic rings. The summed E-state index contributed by atoms with van der Waals surface area (Å²) < 4.78 is 7.10. The zero-order chi connectivity index (χ0) is 20.2. The van der Waals surface area contributed by atoms with Crippen LogP contribution in [0.1, 0.15) is 27.7 Å². The number of nitrogens with zero attached hydrogens (tertiary/aromatic N) is 3. The first kappa shape index (κ1) is 18.7. The van der Waals surface area contributed by atoms with Gasteiger partial charge in [-0.1, -0.05) is 42.5 Å². The summed E-state index contributed by atoms with van der Waals surface area (Å²) >= 11 is 0. The van der Waals surface area contributed by atoms with Gasteiger partial charge in [-0.25, -0.2) is 4.98 Å². The van der Waals surface area contributed by atoms with Crippen molar-refractivity contribution in [3.05, 3.63) is 89.7 Å². The van der Waals surface area contributed by atoms with Crippen LogP contribution in [0.4, 0.5) is 0 Å². The third-order valence-electron chi connectivity index (χ3n) is 4.90. The predicted molar refractivity (Wildman–Crippen MR) is 112 cm³/mol. The number of ether oxygens (including phenoxy) is 1. The van der Waals surface area contributed by atoms with Crippen LogP contribution in [0.25, 0.3) is 11.0 Å². The first-order valence-electron chi connectivity index (χ1n) is 9.43. The number of aromatic nitrogens is 3. The van der Waals surface area contributed by atoms with Crippen molar-refractivity contribution >= 4 is 16.9 Å². The predicted octanol–water partition coefficient (Wildman–Crippen LogP) is 3.69. The molecule has 1 atom stereocenters. The van der Waals surface area contributed by atoms with Crippen molar-refractivity contribution in [2.24, 2.45) is 7.05 Å². The maximum Gasteiger partial charge on any atom is 0.255 e. The van der Waals surface area contributed by atoms with Crippen LogP contribution in [-0.4, -0.2) is 27.8 Å². The number of nitrogens with one attached hydrogen (secondary N) is 1. The molecule has 6 heteroatoms. The molecule has 0 saturated heterocycles. The van der Waals surface area contributed by atoms with Gasteiger partial charge in [0.25, 0.3) is 5.91 Å². The van der Waals surface area contributed by atoms with Crippen LogP contribution in [0.2, 0.25) is 0 Å². The van der Waals surface area contributed by atoms with Crippen molar-refractivity contribution in [2.75, 3.05) is 7.11 Å². The average molecular weight is 386 g/mol. The number of aryl methyl sites for hydroxylation is 1. The second kappa shape index (κ2) is 8.14. The SMILES string of the molecule is COc1ccccc1C(=O)N[C@H](Cc1ccccc1)c1nn(C)c2ncccc12. The zero-order valence-corrected chi connectivity index (χ0v) is 16.4. The van der Waals surface area contributed by atoms with E-state index >= 15 is 0 Å². The Labute approximate surface area is 169 Å². The fourth-order valence-electron chi connectivity index (χ4n) is 3.51. The fourth-order valence-corrected chi connectivity index (χ4v) is 3.51. The maximum atomic E-state index is 13.1. The van der Waals surface area contributed by atoms with E-state index < -0.39 is 0 Å². The van der Waals surface area contributed by atoms with Crippen molar-refractivity contribution in [3.63, 3.8) is 0 Å². The number of para-hydroxylation sites is 1. The number of methoxy groups -OCH3 is 1. The second-order valence-corrected chi connectivity index (χ2v) is 6.80. The molecule has 29 heavy (non-hydrogen) atoms. The summed E-state index contributed by atoms with van der Waals surface area (Å²) in [6.45, 7) is 0. The standard InChI is InChI=1S/C23H22N4O2/c1-27-22-18(12-8-14-24-22)21(26-27)19(15-16-9-4-3-5-10-16)25-23(28)17-11-6-7-13-20(17)29-2/h3-14,19H,15H2,1-2H3,(H,25,28)/t19-/m1/s1. The van der Waals surface area contributed by atoms with E-state index in [0.29, 0.717) is 17.7 Å². The highest BCUT2D eigenvalue weighted by atomic mass is 16.5. The molecule has 6 nitrogen and oxygen atoms in total. The Morgan fingerprint density at radius 3 is 2.62 bits per heavy atom. The van der Waals surface area contributed by atoms with Gasteiger partial charge < -0.3 is 10.1 Å². The van der Waals surface area contributed by atoms with Crippen molar-refractivity contribution in [1.29, 1.82) is 0 Å². The number of rotatable bonds is 6. The first-order valence-corrected chi connectivity index (χ1v) is 9.43. The lowest BCUT2D eigenvalue weighted by Crippen LogP contribution is -2.30.